The van der Waals surface area contributed by atoms with E-state index in [1.165, 1.54) is 25.3 Å². The van der Waals surface area contributed by atoms with Crippen molar-refractivity contribution in [2.75, 3.05) is 26.1 Å². The number of non-ortho nitro benzene ring substituents is 1. The zero-order valence-corrected chi connectivity index (χ0v) is 12.9. The third-order valence-electron chi connectivity index (χ3n) is 3.05. The molecule has 0 bridgehead atoms. The van der Waals surface area contributed by atoms with Crippen molar-refractivity contribution in [3.05, 3.63) is 33.9 Å². The first kappa shape index (κ1) is 17.2. The van der Waals surface area contributed by atoms with E-state index in [2.05, 4.69) is 0 Å². The van der Waals surface area contributed by atoms with Crippen LogP contribution >= 0.6 is 11.6 Å². The number of nitro groups is 1. The van der Waals surface area contributed by atoms with Crippen molar-refractivity contribution in [3.63, 3.8) is 0 Å². The molecule has 0 radical (unpaired) electrons. The zero-order chi connectivity index (χ0) is 15.8. The van der Waals surface area contributed by atoms with Gasteiger partial charge in [0.25, 0.3) is 11.6 Å². The van der Waals surface area contributed by atoms with Gasteiger partial charge in [-0.2, -0.15) is 0 Å². The molecular weight excluding hydrogens is 296 g/mol. The van der Waals surface area contributed by atoms with Gasteiger partial charge in [-0.05, 0) is 12.5 Å². The number of nitro benzene ring substituents is 1. The summed E-state index contributed by atoms with van der Waals surface area (Å²) in [4.78, 5) is 24.4. The van der Waals surface area contributed by atoms with Crippen LogP contribution in [0.25, 0.3) is 0 Å². The minimum absolute atomic E-state index is 0.110. The minimum atomic E-state index is -0.523. The number of amides is 1. The summed E-state index contributed by atoms with van der Waals surface area (Å²) in [6, 6.07) is 3.98. The van der Waals surface area contributed by atoms with Crippen LogP contribution in [0.2, 0.25) is 0 Å². The van der Waals surface area contributed by atoms with Gasteiger partial charge in [0.1, 0.15) is 5.75 Å². The second kappa shape index (κ2) is 8.46. The van der Waals surface area contributed by atoms with Gasteiger partial charge in [0, 0.05) is 25.0 Å². The van der Waals surface area contributed by atoms with E-state index in [1.807, 2.05) is 6.92 Å². The molecule has 0 saturated carbocycles. The van der Waals surface area contributed by atoms with Gasteiger partial charge in [0.2, 0.25) is 0 Å². The highest BCUT2D eigenvalue weighted by atomic mass is 35.5. The second-order valence-corrected chi connectivity index (χ2v) is 4.85. The summed E-state index contributed by atoms with van der Waals surface area (Å²) in [7, 11) is 1.38. The SMILES string of the molecule is CCCCN(CCCl)C(=O)c1ccc([N+](=O)[O-])cc1OC. The molecule has 0 aliphatic rings. The second-order valence-electron chi connectivity index (χ2n) is 4.48. The van der Waals surface area contributed by atoms with Crippen LogP contribution in [0.5, 0.6) is 5.75 Å². The Hall–Kier alpha value is -1.82. The molecule has 0 spiro atoms. The molecule has 1 aromatic rings. The fourth-order valence-corrected chi connectivity index (χ4v) is 2.11. The van der Waals surface area contributed by atoms with Crippen LogP contribution in [0.3, 0.4) is 0 Å². The van der Waals surface area contributed by atoms with Gasteiger partial charge in [-0.3, -0.25) is 14.9 Å². The van der Waals surface area contributed by atoms with E-state index in [4.69, 9.17) is 16.3 Å². The third kappa shape index (κ3) is 4.60. The first-order valence-electron chi connectivity index (χ1n) is 6.72. The predicted molar refractivity (Wildman–Crippen MR) is 81.2 cm³/mol. The fourth-order valence-electron chi connectivity index (χ4n) is 1.91. The number of rotatable bonds is 8. The third-order valence-corrected chi connectivity index (χ3v) is 3.22. The van der Waals surface area contributed by atoms with Gasteiger partial charge >= 0.3 is 0 Å². The Bertz CT molecular complexity index is 508. The molecule has 0 heterocycles. The maximum absolute atomic E-state index is 12.5. The average Bonchev–Trinajstić information content (AvgIpc) is 2.49. The van der Waals surface area contributed by atoms with Crippen molar-refractivity contribution in [2.45, 2.75) is 19.8 Å². The smallest absolute Gasteiger partial charge is 0.273 e. The van der Waals surface area contributed by atoms with Crippen molar-refractivity contribution in [2.24, 2.45) is 0 Å². The van der Waals surface area contributed by atoms with E-state index in [0.29, 0.717) is 24.5 Å². The van der Waals surface area contributed by atoms with Gasteiger partial charge in [-0.15, -0.1) is 11.6 Å². The summed E-state index contributed by atoms with van der Waals surface area (Å²) < 4.78 is 5.11. The summed E-state index contributed by atoms with van der Waals surface area (Å²) in [6.45, 7) is 3.07. The molecule has 1 rings (SSSR count). The molecule has 0 aliphatic heterocycles. The van der Waals surface area contributed by atoms with Crippen LogP contribution < -0.4 is 4.74 Å². The quantitative estimate of drug-likeness (QED) is 0.420. The maximum atomic E-state index is 12.5. The van der Waals surface area contributed by atoms with E-state index in [1.54, 1.807) is 4.90 Å². The lowest BCUT2D eigenvalue weighted by Crippen LogP contribution is -2.34. The number of ether oxygens (including phenoxy) is 1. The van der Waals surface area contributed by atoms with Crippen LogP contribution in [0.1, 0.15) is 30.1 Å². The normalized spacial score (nSPS) is 10.2. The molecule has 1 amide bonds. The van der Waals surface area contributed by atoms with Crippen molar-refractivity contribution >= 4 is 23.2 Å². The molecular formula is C14H19ClN2O4. The van der Waals surface area contributed by atoms with E-state index in [-0.39, 0.29) is 17.3 Å². The lowest BCUT2D eigenvalue weighted by molar-refractivity contribution is -0.384. The number of hydrogen-bond acceptors (Lipinski definition) is 4. The molecule has 7 heteroatoms. The van der Waals surface area contributed by atoms with Gasteiger partial charge in [0.15, 0.2) is 0 Å². The van der Waals surface area contributed by atoms with E-state index >= 15 is 0 Å². The van der Waals surface area contributed by atoms with Gasteiger partial charge in [-0.1, -0.05) is 13.3 Å². The molecule has 6 nitrogen and oxygen atoms in total. The van der Waals surface area contributed by atoms with Crippen molar-refractivity contribution < 1.29 is 14.5 Å². The molecule has 0 fully saturated rings. The summed E-state index contributed by atoms with van der Waals surface area (Å²) in [5, 5.41) is 10.8. The van der Waals surface area contributed by atoms with E-state index in [0.717, 1.165) is 12.8 Å². The molecule has 0 aromatic heterocycles. The Balaban J connectivity index is 3.05. The number of hydrogen-bond donors (Lipinski definition) is 0. The largest absolute Gasteiger partial charge is 0.496 e. The van der Waals surface area contributed by atoms with Crippen LogP contribution in [-0.2, 0) is 0 Å². The topological polar surface area (TPSA) is 72.7 Å². The van der Waals surface area contributed by atoms with Crippen LogP contribution in [0.15, 0.2) is 18.2 Å². The maximum Gasteiger partial charge on any atom is 0.273 e. The Morgan fingerprint density at radius 3 is 2.67 bits per heavy atom. The fraction of sp³-hybridized carbons (Fsp3) is 0.500. The van der Waals surface area contributed by atoms with Gasteiger partial charge in [0.05, 0.1) is 23.7 Å². The van der Waals surface area contributed by atoms with E-state index < -0.39 is 4.92 Å². The van der Waals surface area contributed by atoms with Crippen molar-refractivity contribution in [1.82, 2.24) is 4.90 Å². The van der Waals surface area contributed by atoms with Gasteiger partial charge in [-0.25, -0.2) is 0 Å². The Morgan fingerprint density at radius 1 is 1.43 bits per heavy atom. The van der Waals surface area contributed by atoms with Crippen molar-refractivity contribution in [3.8, 4) is 5.75 Å². The van der Waals surface area contributed by atoms with E-state index in [9.17, 15) is 14.9 Å². The lowest BCUT2D eigenvalue weighted by atomic mass is 10.1. The number of halogens is 1. The number of alkyl halides is 1. The average molecular weight is 315 g/mol. The Morgan fingerprint density at radius 2 is 2.14 bits per heavy atom. The molecule has 0 saturated heterocycles. The first-order valence-corrected chi connectivity index (χ1v) is 7.26. The first-order chi connectivity index (χ1) is 10.0. The summed E-state index contributed by atoms with van der Waals surface area (Å²) in [5.41, 5.74) is 0.199. The molecule has 0 aliphatic carbocycles. The zero-order valence-electron chi connectivity index (χ0n) is 12.2. The standard InChI is InChI=1S/C14H19ClN2O4/c1-3-4-8-16(9-7-15)14(18)12-6-5-11(17(19)20)10-13(12)21-2/h5-6,10H,3-4,7-9H2,1-2H3. The molecule has 116 valence electrons. The monoisotopic (exact) mass is 314 g/mol. The summed E-state index contributed by atoms with van der Waals surface area (Å²) in [5.74, 6) is 0.311. The predicted octanol–water partition coefficient (Wildman–Crippen LogP) is 3.08. The number of benzene rings is 1. The van der Waals surface area contributed by atoms with Crippen LogP contribution in [0, 0.1) is 10.1 Å². The number of carbonyl (C=O) groups excluding carboxylic acids is 1. The molecule has 0 N–H and O–H groups in total. The van der Waals surface area contributed by atoms with Crippen molar-refractivity contribution in [1.29, 1.82) is 0 Å². The van der Waals surface area contributed by atoms with Gasteiger partial charge < -0.3 is 9.64 Å². The highest BCUT2D eigenvalue weighted by Crippen LogP contribution is 2.25. The van der Waals surface area contributed by atoms with Crippen LogP contribution in [0.4, 0.5) is 5.69 Å². The molecule has 21 heavy (non-hydrogen) atoms. The lowest BCUT2D eigenvalue weighted by Gasteiger charge is -2.22. The minimum Gasteiger partial charge on any atom is -0.496 e. The Labute approximate surface area is 128 Å². The summed E-state index contributed by atoms with van der Waals surface area (Å²) >= 11 is 5.73. The molecule has 0 atom stereocenters. The molecule has 1 aromatic carbocycles. The Kier molecular flexibility index (Phi) is 6.94. The molecule has 0 unspecified atom stereocenters. The number of carbonyl (C=O) groups is 1. The summed E-state index contributed by atoms with van der Waals surface area (Å²) in [6.07, 6.45) is 1.83. The highest BCUT2D eigenvalue weighted by molar-refractivity contribution is 6.18. The number of methoxy groups -OCH3 is 1. The number of nitrogens with zero attached hydrogens (tertiary/aromatic N) is 2. The van der Waals surface area contributed by atoms with Crippen LogP contribution in [-0.4, -0.2) is 41.8 Å². The number of unbranched alkanes of at least 4 members (excludes halogenated alkanes) is 1. The highest BCUT2D eigenvalue weighted by Gasteiger charge is 2.21.